The van der Waals surface area contributed by atoms with E-state index >= 15 is 0 Å². The summed E-state index contributed by atoms with van der Waals surface area (Å²) < 4.78 is 5.47. The van der Waals surface area contributed by atoms with Gasteiger partial charge in [0.2, 0.25) is 0 Å². The maximum Gasteiger partial charge on any atom is 0.254 e. The molecule has 0 bridgehead atoms. The number of amides is 1. The predicted molar refractivity (Wildman–Crippen MR) is 44.8 cm³/mol. The smallest absolute Gasteiger partial charge is 0.254 e. The quantitative estimate of drug-likeness (QED) is 0.580. The fraction of sp³-hybridized carbons (Fsp3) is 0.889. The second-order valence-electron chi connectivity index (χ2n) is 3.83. The van der Waals surface area contributed by atoms with Gasteiger partial charge in [0.25, 0.3) is 5.91 Å². The van der Waals surface area contributed by atoms with Crippen LogP contribution >= 0.6 is 0 Å². The van der Waals surface area contributed by atoms with Crippen LogP contribution in [0.25, 0.3) is 0 Å². The number of carbonyl (C=O) groups is 1. The Kier molecular flexibility index (Phi) is 1.83. The van der Waals surface area contributed by atoms with Crippen molar-refractivity contribution >= 4 is 5.91 Å². The Hall–Kier alpha value is -0.570. The predicted octanol–water partition coefficient (Wildman–Crippen LogP) is 0.788. The number of rotatable bonds is 1. The molecule has 2 aliphatic heterocycles. The number of likely N-dealkylation sites (tertiary alicyclic amines) is 1. The van der Waals surface area contributed by atoms with E-state index in [1.165, 1.54) is 0 Å². The molecule has 1 atom stereocenters. The molecule has 2 saturated heterocycles. The van der Waals surface area contributed by atoms with Gasteiger partial charge in [0.15, 0.2) is 0 Å². The molecule has 0 aromatic rings. The summed E-state index contributed by atoms with van der Waals surface area (Å²) in [6.07, 6.45) is 3.07. The van der Waals surface area contributed by atoms with Gasteiger partial charge in [0.1, 0.15) is 5.60 Å². The summed E-state index contributed by atoms with van der Waals surface area (Å²) in [4.78, 5) is 13.6. The van der Waals surface area contributed by atoms with Crippen LogP contribution in [-0.4, -0.2) is 36.1 Å². The first kappa shape index (κ1) is 8.05. The molecule has 0 aromatic heterocycles. The first-order valence-corrected chi connectivity index (χ1v) is 4.66. The van der Waals surface area contributed by atoms with Crippen LogP contribution in [0, 0.1) is 0 Å². The largest absolute Gasteiger partial charge is 0.365 e. The molecular weight excluding hydrogens is 154 g/mol. The zero-order chi connectivity index (χ0) is 8.60. The van der Waals surface area contributed by atoms with E-state index in [1.807, 2.05) is 11.8 Å². The molecule has 68 valence electrons. The highest BCUT2D eigenvalue weighted by Gasteiger charge is 2.41. The van der Waals surface area contributed by atoms with Crippen LogP contribution in [0.2, 0.25) is 0 Å². The molecule has 1 unspecified atom stereocenters. The second-order valence-corrected chi connectivity index (χ2v) is 3.83. The molecule has 0 aliphatic carbocycles. The van der Waals surface area contributed by atoms with Crippen LogP contribution in [0.15, 0.2) is 0 Å². The standard InChI is InChI=1S/C9H15NO2/c1-9(4-2-7-12-9)8(11)10-5-3-6-10/h2-7H2,1H3. The van der Waals surface area contributed by atoms with Gasteiger partial charge in [-0.25, -0.2) is 0 Å². The van der Waals surface area contributed by atoms with Gasteiger partial charge < -0.3 is 9.64 Å². The van der Waals surface area contributed by atoms with E-state index < -0.39 is 5.60 Å². The van der Waals surface area contributed by atoms with Crippen LogP contribution in [0.5, 0.6) is 0 Å². The first-order valence-electron chi connectivity index (χ1n) is 4.66. The minimum absolute atomic E-state index is 0.200. The van der Waals surface area contributed by atoms with Crippen molar-refractivity contribution < 1.29 is 9.53 Å². The minimum Gasteiger partial charge on any atom is -0.365 e. The summed E-state index contributed by atoms with van der Waals surface area (Å²) in [5.41, 5.74) is -0.486. The molecule has 2 aliphatic rings. The fourth-order valence-corrected chi connectivity index (χ4v) is 1.80. The number of hydrogen-bond acceptors (Lipinski definition) is 2. The highest BCUT2D eigenvalue weighted by atomic mass is 16.5. The Balaban J connectivity index is 2.01. The van der Waals surface area contributed by atoms with Gasteiger partial charge in [-0.2, -0.15) is 0 Å². The van der Waals surface area contributed by atoms with Crippen molar-refractivity contribution in [2.24, 2.45) is 0 Å². The topological polar surface area (TPSA) is 29.5 Å². The molecular formula is C9H15NO2. The van der Waals surface area contributed by atoms with E-state index in [0.29, 0.717) is 0 Å². The van der Waals surface area contributed by atoms with Gasteiger partial charge in [-0.05, 0) is 26.2 Å². The lowest BCUT2D eigenvalue weighted by Crippen LogP contribution is -2.52. The van der Waals surface area contributed by atoms with Crippen LogP contribution in [0.4, 0.5) is 0 Å². The molecule has 0 spiro atoms. The van der Waals surface area contributed by atoms with Gasteiger partial charge in [0, 0.05) is 19.7 Å². The van der Waals surface area contributed by atoms with Gasteiger partial charge in [-0.1, -0.05) is 0 Å². The molecule has 0 saturated carbocycles. The third-order valence-corrected chi connectivity index (χ3v) is 2.81. The Morgan fingerprint density at radius 2 is 2.17 bits per heavy atom. The van der Waals surface area contributed by atoms with Crippen molar-refractivity contribution in [3.05, 3.63) is 0 Å². The molecule has 2 fully saturated rings. The van der Waals surface area contributed by atoms with Gasteiger partial charge in [-0.3, -0.25) is 4.79 Å². The molecule has 2 heterocycles. The van der Waals surface area contributed by atoms with E-state index in [9.17, 15) is 4.79 Å². The van der Waals surface area contributed by atoms with Crippen LogP contribution in [0.1, 0.15) is 26.2 Å². The number of hydrogen-bond donors (Lipinski definition) is 0. The maximum atomic E-state index is 11.8. The van der Waals surface area contributed by atoms with Crippen LogP contribution in [0.3, 0.4) is 0 Å². The summed E-state index contributed by atoms with van der Waals surface area (Å²) in [5, 5.41) is 0. The number of nitrogens with zero attached hydrogens (tertiary/aromatic N) is 1. The Bertz CT molecular complexity index is 193. The lowest BCUT2D eigenvalue weighted by molar-refractivity contribution is -0.154. The molecule has 12 heavy (non-hydrogen) atoms. The molecule has 0 radical (unpaired) electrons. The van der Waals surface area contributed by atoms with E-state index in [4.69, 9.17) is 4.74 Å². The van der Waals surface area contributed by atoms with Gasteiger partial charge in [0.05, 0.1) is 0 Å². The third kappa shape index (κ3) is 1.12. The van der Waals surface area contributed by atoms with Crippen molar-refractivity contribution in [1.82, 2.24) is 4.90 Å². The highest BCUT2D eigenvalue weighted by molar-refractivity contribution is 5.85. The van der Waals surface area contributed by atoms with Crippen molar-refractivity contribution in [1.29, 1.82) is 0 Å². The Labute approximate surface area is 72.7 Å². The van der Waals surface area contributed by atoms with Crippen molar-refractivity contribution in [3.63, 3.8) is 0 Å². The van der Waals surface area contributed by atoms with Gasteiger partial charge in [-0.15, -0.1) is 0 Å². The zero-order valence-electron chi connectivity index (χ0n) is 7.51. The molecule has 3 heteroatoms. The third-order valence-electron chi connectivity index (χ3n) is 2.81. The lowest BCUT2D eigenvalue weighted by Gasteiger charge is -2.36. The van der Waals surface area contributed by atoms with Crippen LogP contribution in [-0.2, 0) is 9.53 Å². The highest BCUT2D eigenvalue weighted by Crippen LogP contribution is 2.28. The fourth-order valence-electron chi connectivity index (χ4n) is 1.80. The normalized spacial score (nSPS) is 34.9. The molecule has 3 nitrogen and oxygen atoms in total. The van der Waals surface area contributed by atoms with E-state index in [0.717, 1.165) is 39.0 Å². The molecule has 2 rings (SSSR count). The summed E-state index contributed by atoms with van der Waals surface area (Å²) in [5.74, 6) is 0.200. The number of ether oxygens (including phenoxy) is 1. The van der Waals surface area contributed by atoms with Crippen LogP contribution < -0.4 is 0 Å². The summed E-state index contributed by atoms with van der Waals surface area (Å²) in [7, 11) is 0. The minimum atomic E-state index is -0.486. The first-order chi connectivity index (χ1) is 5.72. The SMILES string of the molecule is CC1(C(=O)N2CCC2)CCCO1. The average molecular weight is 169 g/mol. The molecule has 0 aromatic carbocycles. The average Bonchev–Trinajstić information content (AvgIpc) is 2.33. The van der Waals surface area contributed by atoms with E-state index in [-0.39, 0.29) is 5.91 Å². The van der Waals surface area contributed by atoms with Crippen molar-refractivity contribution in [2.45, 2.75) is 31.8 Å². The number of carbonyl (C=O) groups excluding carboxylic acids is 1. The summed E-state index contributed by atoms with van der Waals surface area (Å²) >= 11 is 0. The Morgan fingerprint density at radius 3 is 2.58 bits per heavy atom. The summed E-state index contributed by atoms with van der Waals surface area (Å²) in [6.45, 7) is 4.52. The monoisotopic (exact) mass is 169 g/mol. The molecule has 0 N–H and O–H groups in total. The van der Waals surface area contributed by atoms with E-state index in [2.05, 4.69) is 0 Å². The van der Waals surface area contributed by atoms with Gasteiger partial charge >= 0.3 is 0 Å². The maximum absolute atomic E-state index is 11.8. The van der Waals surface area contributed by atoms with E-state index in [1.54, 1.807) is 0 Å². The van der Waals surface area contributed by atoms with Crippen molar-refractivity contribution in [2.75, 3.05) is 19.7 Å². The van der Waals surface area contributed by atoms with Crippen molar-refractivity contribution in [3.8, 4) is 0 Å². The molecule has 1 amide bonds. The Morgan fingerprint density at radius 1 is 1.42 bits per heavy atom. The lowest BCUT2D eigenvalue weighted by atomic mass is 9.99. The summed E-state index contributed by atoms with van der Waals surface area (Å²) in [6, 6.07) is 0. The second kappa shape index (κ2) is 2.73. The zero-order valence-corrected chi connectivity index (χ0v) is 7.51.